The van der Waals surface area contributed by atoms with E-state index in [1.165, 1.54) is 0 Å². The van der Waals surface area contributed by atoms with E-state index < -0.39 is 0 Å². The number of carbonyl (C=O) groups excluding carboxylic acids is 1. The van der Waals surface area contributed by atoms with Crippen molar-refractivity contribution in [3.63, 3.8) is 0 Å². The van der Waals surface area contributed by atoms with Gasteiger partial charge in [-0.05, 0) is 37.6 Å². The van der Waals surface area contributed by atoms with Crippen molar-refractivity contribution in [2.75, 3.05) is 5.32 Å². The third-order valence-electron chi connectivity index (χ3n) is 3.78. The molecule has 2 aromatic heterocycles. The molecule has 3 rings (SSSR count). The zero-order valence-electron chi connectivity index (χ0n) is 14.7. The predicted molar refractivity (Wildman–Crippen MR) is 96.8 cm³/mol. The second kappa shape index (κ2) is 8.15. The first-order valence-corrected chi connectivity index (χ1v) is 8.20. The first-order chi connectivity index (χ1) is 12.6. The SMILES string of the molecule is Cc1noc(C)c1NC(=O)NCc1ccc(OCc2cccnc2)cc1. The molecule has 0 fully saturated rings. The van der Waals surface area contributed by atoms with Crippen molar-refractivity contribution in [2.45, 2.75) is 27.0 Å². The van der Waals surface area contributed by atoms with Gasteiger partial charge in [0.1, 0.15) is 23.7 Å². The number of nitrogens with one attached hydrogen (secondary N) is 2. The van der Waals surface area contributed by atoms with Gasteiger partial charge in [0, 0.05) is 24.5 Å². The Hall–Kier alpha value is -3.35. The molecule has 7 nitrogen and oxygen atoms in total. The number of hydrogen-bond donors (Lipinski definition) is 2. The minimum Gasteiger partial charge on any atom is -0.489 e. The summed E-state index contributed by atoms with van der Waals surface area (Å²) < 4.78 is 10.7. The number of pyridine rings is 1. The summed E-state index contributed by atoms with van der Waals surface area (Å²) in [5.74, 6) is 1.34. The lowest BCUT2D eigenvalue weighted by Crippen LogP contribution is -2.28. The number of benzene rings is 1. The van der Waals surface area contributed by atoms with Crippen molar-refractivity contribution in [2.24, 2.45) is 0 Å². The molecule has 0 saturated carbocycles. The van der Waals surface area contributed by atoms with Crippen LogP contribution in [0, 0.1) is 13.8 Å². The maximum absolute atomic E-state index is 12.0. The second-order valence-corrected chi connectivity index (χ2v) is 5.80. The van der Waals surface area contributed by atoms with Gasteiger partial charge in [0.25, 0.3) is 0 Å². The molecular weight excluding hydrogens is 332 g/mol. The summed E-state index contributed by atoms with van der Waals surface area (Å²) in [7, 11) is 0. The van der Waals surface area contributed by atoms with Gasteiger partial charge in [-0.2, -0.15) is 0 Å². The molecule has 3 aromatic rings. The number of carbonyl (C=O) groups is 1. The quantitative estimate of drug-likeness (QED) is 0.708. The topological polar surface area (TPSA) is 89.3 Å². The molecule has 2 amide bonds. The number of anilines is 1. The highest BCUT2D eigenvalue weighted by atomic mass is 16.5. The summed E-state index contributed by atoms with van der Waals surface area (Å²) in [5.41, 5.74) is 3.22. The van der Waals surface area contributed by atoms with Gasteiger partial charge in [-0.15, -0.1) is 0 Å². The van der Waals surface area contributed by atoms with E-state index in [4.69, 9.17) is 9.26 Å². The minimum atomic E-state index is -0.309. The molecule has 1 aromatic carbocycles. The van der Waals surface area contributed by atoms with Crippen LogP contribution in [0.3, 0.4) is 0 Å². The van der Waals surface area contributed by atoms with Gasteiger partial charge in [-0.3, -0.25) is 4.98 Å². The largest absolute Gasteiger partial charge is 0.489 e. The normalized spacial score (nSPS) is 10.4. The Bertz CT molecular complexity index is 841. The molecule has 2 heterocycles. The van der Waals surface area contributed by atoms with E-state index in [0.717, 1.165) is 16.9 Å². The number of aromatic nitrogens is 2. The molecule has 0 unspecified atom stereocenters. The van der Waals surface area contributed by atoms with Gasteiger partial charge in [0.2, 0.25) is 0 Å². The van der Waals surface area contributed by atoms with Crippen LogP contribution in [0.15, 0.2) is 53.3 Å². The van der Waals surface area contributed by atoms with Crippen molar-refractivity contribution >= 4 is 11.7 Å². The van der Waals surface area contributed by atoms with Crippen LogP contribution in [0.1, 0.15) is 22.6 Å². The molecule has 134 valence electrons. The maximum Gasteiger partial charge on any atom is 0.319 e. The molecule has 0 aliphatic heterocycles. The molecule has 0 radical (unpaired) electrons. The highest BCUT2D eigenvalue weighted by Crippen LogP contribution is 2.18. The predicted octanol–water partition coefficient (Wildman–Crippen LogP) is 3.59. The summed E-state index contributed by atoms with van der Waals surface area (Å²) in [5, 5.41) is 9.34. The van der Waals surface area contributed by atoms with E-state index in [9.17, 15) is 4.79 Å². The van der Waals surface area contributed by atoms with E-state index in [1.807, 2.05) is 36.4 Å². The summed E-state index contributed by atoms with van der Waals surface area (Å²) >= 11 is 0. The lowest BCUT2D eigenvalue weighted by atomic mass is 10.2. The van der Waals surface area contributed by atoms with E-state index in [1.54, 1.807) is 26.2 Å². The molecule has 2 N–H and O–H groups in total. The summed E-state index contributed by atoms with van der Waals surface area (Å²) in [6.07, 6.45) is 3.50. The van der Waals surface area contributed by atoms with Crippen molar-refractivity contribution in [1.82, 2.24) is 15.5 Å². The van der Waals surface area contributed by atoms with Crippen molar-refractivity contribution in [1.29, 1.82) is 0 Å². The molecule has 0 spiro atoms. The maximum atomic E-state index is 12.0. The van der Waals surface area contributed by atoms with Crippen LogP contribution in [0.5, 0.6) is 5.75 Å². The van der Waals surface area contributed by atoms with Crippen molar-refractivity contribution < 1.29 is 14.1 Å². The van der Waals surface area contributed by atoms with E-state index >= 15 is 0 Å². The second-order valence-electron chi connectivity index (χ2n) is 5.80. The number of urea groups is 1. The molecule has 26 heavy (non-hydrogen) atoms. The monoisotopic (exact) mass is 352 g/mol. The van der Waals surface area contributed by atoms with Crippen LogP contribution >= 0.6 is 0 Å². The summed E-state index contributed by atoms with van der Waals surface area (Å²) in [6, 6.07) is 11.1. The van der Waals surface area contributed by atoms with Crippen molar-refractivity contribution in [3.05, 3.63) is 71.4 Å². The molecule has 7 heteroatoms. The Balaban J connectivity index is 1.47. The molecule has 0 atom stereocenters. The third-order valence-corrected chi connectivity index (χ3v) is 3.78. The fraction of sp³-hybridized carbons (Fsp3) is 0.211. The molecule has 0 saturated heterocycles. The van der Waals surface area contributed by atoms with E-state index in [0.29, 0.717) is 30.3 Å². The van der Waals surface area contributed by atoms with Crippen LogP contribution in [-0.4, -0.2) is 16.2 Å². The number of aryl methyl sites for hydroxylation is 2. The standard InChI is InChI=1S/C19H20N4O3/c1-13-18(14(2)26-23-13)22-19(24)21-11-15-5-7-17(8-6-15)25-12-16-4-3-9-20-10-16/h3-10H,11-12H2,1-2H3,(H2,21,22,24). The first-order valence-electron chi connectivity index (χ1n) is 8.20. The Morgan fingerprint density at radius 2 is 1.96 bits per heavy atom. The number of amides is 2. The van der Waals surface area contributed by atoms with Gasteiger partial charge in [0.05, 0.1) is 0 Å². The zero-order valence-corrected chi connectivity index (χ0v) is 14.7. The van der Waals surface area contributed by atoms with Crippen molar-refractivity contribution in [3.8, 4) is 5.75 Å². The van der Waals surface area contributed by atoms with Crippen LogP contribution in [0.2, 0.25) is 0 Å². The highest BCUT2D eigenvalue weighted by molar-refractivity contribution is 5.90. The Morgan fingerprint density at radius 1 is 1.15 bits per heavy atom. The van der Waals surface area contributed by atoms with Crippen LogP contribution in [0.25, 0.3) is 0 Å². The summed E-state index contributed by atoms with van der Waals surface area (Å²) in [6.45, 7) is 4.39. The fourth-order valence-corrected chi connectivity index (χ4v) is 2.36. The number of nitrogens with zero attached hydrogens (tertiary/aromatic N) is 2. The average Bonchev–Trinajstić information content (AvgIpc) is 2.98. The van der Waals surface area contributed by atoms with Crippen LogP contribution in [-0.2, 0) is 13.2 Å². The van der Waals surface area contributed by atoms with Gasteiger partial charge in [0.15, 0.2) is 5.76 Å². The Kier molecular flexibility index (Phi) is 5.48. The van der Waals surface area contributed by atoms with Gasteiger partial charge in [-0.1, -0.05) is 23.4 Å². The third kappa shape index (κ3) is 4.60. The Labute approximate surface area is 151 Å². The lowest BCUT2D eigenvalue weighted by molar-refractivity contribution is 0.251. The average molecular weight is 352 g/mol. The first kappa shape index (κ1) is 17.5. The molecular formula is C19H20N4O3. The number of hydrogen-bond acceptors (Lipinski definition) is 5. The van der Waals surface area contributed by atoms with Crippen LogP contribution < -0.4 is 15.4 Å². The molecule has 0 aliphatic rings. The lowest BCUT2D eigenvalue weighted by Gasteiger charge is -2.09. The molecule has 0 bridgehead atoms. The smallest absolute Gasteiger partial charge is 0.319 e. The van der Waals surface area contributed by atoms with Crippen LogP contribution in [0.4, 0.5) is 10.5 Å². The van der Waals surface area contributed by atoms with Gasteiger partial charge < -0.3 is 19.9 Å². The number of rotatable bonds is 6. The highest BCUT2D eigenvalue weighted by Gasteiger charge is 2.11. The zero-order chi connectivity index (χ0) is 18.4. The van der Waals surface area contributed by atoms with E-state index in [2.05, 4.69) is 20.8 Å². The fourth-order valence-electron chi connectivity index (χ4n) is 2.36. The molecule has 0 aliphatic carbocycles. The van der Waals surface area contributed by atoms with E-state index in [-0.39, 0.29) is 6.03 Å². The van der Waals surface area contributed by atoms with Gasteiger partial charge >= 0.3 is 6.03 Å². The Morgan fingerprint density at radius 3 is 2.62 bits per heavy atom. The summed E-state index contributed by atoms with van der Waals surface area (Å²) in [4.78, 5) is 16.0. The van der Waals surface area contributed by atoms with Gasteiger partial charge in [-0.25, -0.2) is 4.79 Å². The number of ether oxygens (including phenoxy) is 1. The minimum absolute atomic E-state index is 0.309.